The average Bonchev–Trinajstić information content (AvgIpc) is 2.29. The van der Waals surface area contributed by atoms with Crippen LogP contribution in [0.15, 0.2) is 22.7 Å². The van der Waals surface area contributed by atoms with Crippen molar-refractivity contribution in [3.8, 4) is 5.75 Å². The predicted molar refractivity (Wildman–Crippen MR) is 80.3 cm³/mol. The van der Waals surface area contributed by atoms with Crippen LogP contribution in [0.1, 0.15) is 32.4 Å². The van der Waals surface area contributed by atoms with Crippen LogP contribution < -0.4 is 10.5 Å². The topological polar surface area (TPSA) is 55.5 Å². The number of nitrogens with two attached hydrogens (primary N) is 1. The molecule has 0 fully saturated rings. The molecule has 0 unspecified atom stereocenters. The second kappa shape index (κ2) is 8.00. The quantitative estimate of drug-likeness (QED) is 0.866. The lowest BCUT2D eigenvalue weighted by Crippen LogP contribution is -2.30. The molecule has 2 atom stereocenters. The summed E-state index contributed by atoms with van der Waals surface area (Å²) in [4.78, 5) is 0. The van der Waals surface area contributed by atoms with Crippen LogP contribution in [0.25, 0.3) is 0 Å². The molecule has 3 nitrogen and oxygen atoms in total. The molecule has 5 heteroatoms. The number of halogens is 2. The van der Waals surface area contributed by atoms with Gasteiger partial charge in [0, 0.05) is 10.0 Å². The van der Waals surface area contributed by atoms with Crippen LogP contribution >= 0.6 is 28.3 Å². The molecular formula is C13H21BrClNO2. The molecule has 104 valence electrons. The minimum atomic E-state index is -0.580. The van der Waals surface area contributed by atoms with E-state index in [9.17, 15) is 5.11 Å². The van der Waals surface area contributed by atoms with Gasteiger partial charge >= 0.3 is 0 Å². The standard InChI is InChI=1S/C13H20BrNO2.ClH/c1-4-17-11-6-5-9(14)7-10(11)12(15)13(16)8(2)3;/h5-8,12-13,16H,4,15H2,1-3H3;1H/t12-,13+;/m0./s1. The van der Waals surface area contributed by atoms with E-state index in [4.69, 9.17) is 10.5 Å². The highest BCUT2D eigenvalue weighted by molar-refractivity contribution is 9.10. The first kappa shape index (κ1) is 17.7. The summed E-state index contributed by atoms with van der Waals surface area (Å²) in [5.74, 6) is 0.848. The second-order valence-electron chi connectivity index (χ2n) is 4.38. The van der Waals surface area contributed by atoms with Gasteiger partial charge in [-0.1, -0.05) is 29.8 Å². The zero-order valence-electron chi connectivity index (χ0n) is 10.9. The molecule has 0 spiro atoms. The maximum atomic E-state index is 10.0. The summed E-state index contributed by atoms with van der Waals surface area (Å²) in [5.41, 5.74) is 6.92. The fourth-order valence-electron chi connectivity index (χ4n) is 1.67. The highest BCUT2D eigenvalue weighted by Crippen LogP contribution is 2.30. The Labute approximate surface area is 123 Å². The molecule has 1 aromatic carbocycles. The third-order valence-electron chi connectivity index (χ3n) is 2.68. The Morgan fingerprint density at radius 2 is 2.00 bits per heavy atom. The van der Waals surface area contributed by atoms with E-state index in [2.05, 4.69) is 15.9 Å². The second-order valence-corrected chi connectivity index (χ2v) is 5.29. The maximum Gasteiger partial charge on any atom is 0.124 e. The van der Waals surface area contributed by atoms with Crippen LogP contribution in [0.4, 0.5) is 0 Å². The number of benzene rings is 1. The largest absolute Gasteiger partial charge is 0.494 e. The van der Waals surface area contributed by atoms with Gasteiger partial charge < -0.3 is 15.6 Å². The van der Waals surface area contributed by atoms with Crippen LogP contribution in [0.5, 0.6) is 5.75 Å². The average molecular weight is 339 g/mol. The zero-order valence-corrected chi connectivity index (χ0v) is 13.3. The smallest absolute Gasteiger partial charge is 0.124 e. The lowest BCUT2D eigenvalue weighted by atomic mass is 9.94. The molecule has 0 saturated heterocycles. The van der Waals surface area contributed by atoms with Crippen LogP contribution in [-0.4, -0.2) is 17.8 Å². The minimum absolute atomic E-state index is 0. The van der Waals surface area contributed by atoms with Crippen LogP contribution in [-0.2, 0) is 0 Å². The summed E-state index contributed by atoms with van der Waals surface area (Å²) >= 11 is 3.41. The molecule has 0 aliphatic carbocycles. The van der Waals surface area contributed by atoms with E-state index in [-0.39, 0.29) is 18.3 Å². The van der Waals surface area contributed by atoms with E-state index in [1.807, 2.05) is 39.0 Å². The SMILES string of the molecule is CCOc1ccc(Br)cc1[C@H](N)[C@H](O)C(C)C.Cl. The third-order valence-corrected chi connectivity index (χ3v) is 3.18. The molecule has 0 heterocycles. The molecule has 1 aromatic rings. The lowest BCUT2D eigenvalue weighted by Gasteiger charge is -2.24. The number of ether oxygens (including phenoxy) is 1. The van der Waals surface area contributed by atoms with E-state index >= 15 is 0 Å². The molecule has 0 amide bonds. The van der Waals surface area contributed by atoms with E-state index < -0.39 is 12.1 Å². The number of rotatable bonds is 5. The first-order valence-corrected chi connectivity index (χ1v) is 6.62. The fourth-order valence-corrected chi connectivity index (χ4v) is 2.04. The van der Waals surface area contributed by atoms with Gasteiger partial charge in [0.1, 0.15) is 5.75 Å². The van der Waals surface area contributed by atoms with Gasteiger partial charge in [-0.2, -0.15) is 0 Å². The first-order valence-electron chi connectivity index (χ1n) is 5.83. The maximum absolute atomic E-state index is 10.0. The zero-order chi connectivity index (χ0) is 13.0. The number of aliphatic hydroxyl groups excluding tert-OH is 1. The predicted octanol–water partition coefficient (Wildman–Crippen LogP) is 3.29. The van der Waals surface area contributed by atoms with E-state index in [0.29, 0.717) is 6.61 Å². The van der Waals surface area contributed by atoms with Crippen LogP contribution in [0, 0.1) is 5.92 Å². The van der Waals surface area contributed by atoms with Crippen molar-refractivity contribution in [3.63, 3.8) is 0 Å². The Morgan fingerprint density at radius 3 is 2.50 bits per heavy atom. The molecule has 0 bridgehead atoms. The van der Waals surface area contributed by atoms with Gasteiger partial charge in [0.15, 0.2) is 0 Å². The normalized spacial score (nSPS) is 13.9. The van der Waals surface area contributed by atoms with Crippen LogP contribution in [0.3, 0.4) is 0 Å². The van der Waals surface area contributed by atoms with Crippen molar-refractivity contribution < 1.29 is 9.84 Å². The van der Waals surface area contributed by atoms with Crippen molar-refractivity contribution in [2.24, 2.45) is 11.7 Å². The summed E-state index contributed by atoms with van der Waals surface area (Å²) in [6.07, 6.45) is -0.580. The first-order chi connectivity index (χ1) is 7.97. The number of hydrogen-bond donors (Lipinski definition) is 2. The Morgan fingerprint density at radius 1 is 1.39 bits per heavy atom. The minimum Gasteiger partial charge on any atom is -0.494 e. The molecule has 1 rings (SSSR count). The molecule has 0 radical (unpaired) electrons. The highest BCUT2D eigenvalue weighted by Gasteiger charge is 2.23. The van der Waals surface area contributed by atoms with Crippen molar-refractivity contribution in [3.05, 3.63) is 28.2 Å². The van der Waals surface area contributed by atoms with Gasteiger partial charge in [-0.05, 0) is 31.0 Å². The van der Waals surface area contributed by atoms with Crippen molar-refractivity contribution in [2.75, 3.05) is 6.61 Å². The van der Waals surface area contributed by atoms with Crippen LogP contribution in [0.2, 0.25) is 0 Å². The van der Waals surface area contributed by atoms with Crippen molar-refractivity contribution in [1.82, 2.24) is 0 Å². The Hall–Kier alpha value is -0.290. The Balaban J connectivity index is 0.00000289. The van der Waals surface area contributed by atoms with Gasteiger partial charge in [0.2, 0.25) is 0 Å². The molecule has 3 N–H and O–H groups in total. The Kier molecular flexibility index (Phi) is 7.87. The number of aliphatic hydroxyl groups is 1. The molecule has 0 aromatic heterocycles. The summed E-state index contributed by atoms with van der Waals surface area (Å²) in [5, 5.41) is 10.0. The van der Waals surface area contributed by atoms with E-state index in [0.717, 1.165) is 15.8 Å². The monoisotopic (exact) mass is 337 g/mol. The lowest BCUT2D eigenvalue weighted by molar-refractivity contribution is 0.0966. The van der Waals surface area contributed by atoms with Crippen molar-refractivity contribution >= 4 is 28.3 Å². The molecule has 0 saturated carbocycles. The van der Waals surface area contributed by atoms with E-state index in [1.165, 1.54) is 0 Å². The Bertz CT molecular complexity index is 374. The summed E-state index contributed by atoms with van der Waals surface area (Å²) < 4.78 is 6.46. The summed E-state index contributed by atoms with van der Waals surface area (Å²) in [6, 6.07) is 5.24. The molecular weight excluding hydrogens is 318 g/mol. The van der Waals surface area contributed by atoms with Gasteiger partial charge in [-0.15, -0.1) is 12.4 Å². The highest BCUT2D eigenvalue weighted by atomic mass is 79.9. The van der Waals surface area contributed by atoms with Gasteiger partial charge in [0.05, 0.1) is 18.8 Å². The number of hydrogen-bond acceptors (Lipinski definition) is 3. The van der Waals surface area contributed by atoms with Crippen molar-refractivity contribution in [2.45, 2.75) is 32.9 Å². The summed E-state index contributed by atoms with van der Waals surface area (Å²) in [6.45, 7) is 6.40. The van der Waals surface area contributed by atoms with Crippen molar-refractivity contribution in [1.29, 1.82) is 0 Å². The molecule has 18 heavy (non-hydrogen) atoms. The fraction of sp³-hybridized carbons (Fsp3) is 0.538. The van der Waals surface area contributed by atoms with Gasteiger partial charge in [0.25, 0.3) is 0 Å². The third kappa shape index (κ3) is 4.43. The molecule has 0 aliphatic rings. The van der Waals surface area contributed by atoms with E-state index in [1.54, 1.807) is 0 Å². The van der Waals surface area contributed by atoms with Gasteiger partial charge in [-0.25, -0.2) is 0 Å². The molecule has 0 aliphatic heterocycles. The van der Waals surface area contributed by atoms with Gasteiger partial charge in [-0.3, -0.25) is 0 Å². The summed E-state index contributed by atoms with van der Waals surface area (Å²) in [7, 11) is 0.